The number of halogens is 1. The van der Waals surface area contributed by atoms with Gasteiger partial charge in [-0.3, -0.25) is 9.59 Å². The first-order chi connectivity index (χ1) is 10.0. The summed E-state index contributed by atoms with van der Waals surface area (Å²) in [5.74, 6) is -2.08. The molecule has 1 aliphatic heterocycles. The molecule has 2 aromatic rings. The van der Waals surface area contributed by atoms with E-state index in [-0.39, 0.29) is 36.8 Å². The van der Waals surface area contributed by atoms with Crippen LogP contribution in [0.3, 0.4) is 0 Å². The number of nitrogens with two attached hydrogens (primary N) is 1. The fourth-order valence-electron chi connectivity index (χ4n) is 2.38. The van der Waals surface area contributed by atoms with Crippen LogP contribution in [0.4, 0.5) is 10.5 Å². The summed E-state index contributed by atoms with van der Waals surface area (Å²) in [6.45, 7) is 0. The fourth-order valence-corrected chi connectivity index (χ4v) is 3.26. The van der Waals surface area contributed by atoms with E-state index in [9.17, 15) is 14.4 Å². The Balaban J connectivity index is 0.00000132. The Morgan fingerprint density at radius 3 is 2.64 bits per heavy atom. The van der Waals surface area contributed by atoms with Crippen molar-refractivity contribution in [3.05, 3.63) is 51.2 Å². The average molecular weight is 345 g/mol. The Hall–Kier alpha value is -1.18. The van der Waals surface area contributed by atoms with Crippen molar-refractivity contribution in [2.45, 2.75) is 5.92 Å². The zero-order valence-electron chi connectivity index (χ0n) is 12.6. The van der Waals surface area contributed by atoms with Crippen LogP contribution in [0.25, 0.3) is 0 Å². The zero-order chi connectivity index (χ0) is 15.1. The summed E-state index contributed by atoms with van der Waals surface area (Å²) in [7, 11) is 0. The molecule has 1 aromatic heterocycles. The molecule has 1 aromatic carbocycles. The van der Waals surface area contributed by atoms with Crippen molar-refractivity contribution in [1.29, 1.82) is 0 Å². The van der Waals surface area contributed by atoms with Crippen LogP contribution in [-0.4, -0.2) is 17.7 Å². The first-order valence-electron chi connectivity index (χ1n) is 6.01. The summed E-state index contributed by atoms with van der Waals surface area (Å²) in [6, 6.07) is 7.03. The van der Waals surface area contributed by atoms with E-state index in [1.807, 2.05) is 0 Å². The quantitative estimate of drug-likeness (QED) is 0.470. The van der Waals surface area contributed by atoms with Gasteiger partial charge in [-0.05, 0) is 35.2 Å². The monoisotopic (exact) mass is 344 g/mol. The van der Waals surface area contributed by atoms with Crippen molar-refractivity contribution < 1.29 is 45.4 Å². The third-order valence-electron chi connectivity index (χ3n) is 3.26. The number of rotatable bonds is 2. The molecular weight excluding hydrogens is 335 g/mol. The fraction of sp³-hybridized carbons (Fsp3) is 0.0714. The molecule has 3 rings (SSSR count). The Labute approximate surface area is 158 Å². The van der Waals surface area contributed by atoms with Gasteiger partial charge in [0, 0.05) is 5.02 Å². The first-order valence-corrected chi connectivity index (χ1v) is 7.27. The minimum Gasteiger partial charge on any atom is -1.00 e. The van der Waals surface area contributed by atoms with E-state index in [0.29, 0.717) is 21.2 Å². The number of urea groups is 1. The summed E-state index contributed by atoms with van der Waals surface area (Å²) >= 11 is 7.18. The van der Waals surface area contributed by atoms with E-state index in [0.717, 1.165) is 4.90 Å². The molecule has 22 heavy (non-hydrogen) atoms. The van der Waals surface area contributed by atoms with Gasteiger partial charge in [0.1, 0.15) is 5.92 Å². The predicted molar refractivity (Wildman–Crippen MR) is 81.0 cm³/mol. The van der Waals surface area contributed by atoms with Crippen LogP contribution in [0.1, 0.15) is 22.6 Å². The van der Waals surface area contributed by atoms with Crippen LogP contribution in [0.2, 0.25) is 5.02 Å². The van der Waals surface area contributed by atoms with Gasteiger partial charge < -0.3 is 7.16 Å². The second kappa shape index (κ2) is 6.52. The molecule has 8 heteroatoms. The van der Waals surface area contributed by atoms with Crippen LogP contribution in [0.15, 0.2) is 35.7 Å². The molecule has 0 fully saturated rings. The third kappa shape index (κ3) is 2.73. The minimum atomic E-state index is -1.08. The molecule has 2 heterocycles. The topological polar surface area (TPSA) is 80.5 Å². The number of primary amides is 1. The number of imide groups is 1. The number of anilines is 1. The Bertz CT molecular complexity index is 769. The van der Waals surface area contributed by atoms with Gasteiger partial charge in [0.25, 0.3) is 5.91 Å². The molecule has 1 atom stereocenters. The summed E-state index contributed by atoms with van der Waals surface area (Å²) in [5, 5.41) is 2.13. The summed E-state index contributed by atoms with van der Waals surface area (Å²) in [5.41, 5.74) is 5.97. The number of nitrogens with zero attached hydrogens (tertiary/aromatic N) is 1. The molecule has 2 N–H and O–H groups in total. The number of Topliss-reactive ketones (excluding diaryl/α,β-unsaturated/α-hetero) is 1. The number of thiophene rings is 1. The molecule has 0 spiro atoms. The Morgan fingerprint density at radius 2 is 2.05 bits per heavy atom. The van der Waals surface area contributed by atoms with Crippen LogP contribution >= 0.6 is 22.9 Å². The molecular formula is C14H10ClN2NaO3S. The number of ketones is 1. The van der Waals surface area contributed by atoms with Gasteiger partial charge in [0.2, 0.25) is 0 Å². The van der Waals surface area contributed by atoms with Gasteiger partial charge in [-0.25, -0.2) is 9.69 Å². The van der Waals surface area contributed by atoms with Crippen LogP contribution in [0, 0.1) is 0 Å². The normalized spacial score (nSPS) is 16.1. The van der Waals surface area contributed by atoms with E-state index in [2.05, 4.69) is 0 Å². The van der Waals surface area contributed by atoms with Gasteiger partial charge in [0.05, 0.1) is 10.6 Å². The van der Waals surface area contributed by atoms with E-state index in [1.165, 1.54) is 23.5 Å². The van der Waals surface area contributed by atoms with E-state index < -0.39 is 17.9 Å². The van der Waals surface area contributed by atoms with Crippen molar-refractivity contribution in [3.8, 4) is 0 Å². The SMILES string of the molecule is NC(=O)N1C(=O)C(C(=O)c2cccs2)c2cc(Cl)ccc21.[H-].[Na+]. The Kier molecular flexibility index (Phi) is 5.09. The van der Waals surface area contributed by atoms with Gasteiger partial charge in [-0.1, -0.05) is 17.7 Å². The van der Waals surface area contributed by atoms with Crippen molar-refractivity contribution in [1.82, 2.24) is 0 Å². The van der Waals surface area contributed by atoms with E-state index in [1.54, 1.807) is 23.6 Å². The van der Waals surface area contributed by atoms with Gasteiger partial charge in [-0.15, -0.1) is 11.3 Å². The van der Waals surface area contributed by atoms with Crippen molar-refractivity contribution in [2.75, 3.05) is 4.90 Å². The molecule has 0 radical (unpaired) electrons. The molecule has 5 nitrogen and oxygen atoms in total. The van der Waals surface area contributed by atoms with Crippen molar-refractivity contribution >= 4 is 46.3 Å². The number of carbonyl (C=O) groups excluding carboxylic acids is 3. The molecule has 0 aliphatic carbocycles. The number of carbonyl (C=O) groups is 3. The zero-order valence-corrected chi connectivity index (χ0v) is 15.1. The maximum Gasteiger partial charge on any atom is 1.00 e. The predicted octanol–water partition coefficient (Wildman–Crippen LogP) is -0.0902. The number of amides is 3. The molecule has 108 valence electrons. The van der Waals surface area contributed by atoms with Crippen LogP contribution in [-0.2, 0) is 4.79 Å². The number of fused-ring (bicyclic) bond motifs is 1. The molecule has 0 saturated heterocycles. The standard InChI is InChI=1S/C14H9ClN2O3S.Na.H/c15-7-3-4-9-8(6-7)11(13(19)17(9)14(16)20)12(18)10-2-1-5-21-10;;/h1-6,11H,(H2,16,20);;/q;+1;-1. The first kappa shape index (κ1) is 17.2. The smallest absolute Gasteiger partial charge is 1.00 e. The van der Waals surface area contributed by atoms with Crippen molar-refractivity contribution in [3.63, 3.8) is 0 Å². The third-order valence-corrected chi connectivity index (χ3v) is 4.37. The molecule has 0 saturated carbocycles. The number of hydrogen-bond donors (Lipinski definition) is 1. The molecule has 3 amide bonds. The second-order valence-electron chi connectivity index (χ2n) is 4.49. The Morgan fingerprint density at radius 1 is 1.32 bits per heavy atom. The molecule has 1 aliphatic rings. The van der Waals surface area contributed by atoms with Crippen LogP contribution < -0.4 is 40.2 Å². The van der Waals surface area contributed by atoms with Gasteiger partial charge in [-0.2, -0.15) is 0 Å². The molecule has 0 bridgehead atoms. The largest absolute Gasteiger partial charge is 1.00 e. The van der Waals surface area contributed by atoms with Gasteiger partial charge >= 0.3 is 35.6 Å². The molecule has 1 unspecified atom stereocenters. The van der Waals surface area contributed by atoms with Crippen LogP contribution in [0.5, 0.6) is 0 Å². The average Bonchev–Trinajstić information content (AvgIpc) is 3.03. The maximum absolute atomic E-state index is 12.5. The minimum absolute atomic E-state index is 0. The summed E-state index contributed by atoms with van der Waals surface area (Å²) in [6.07, 6.45) is 0. The van der Waals surface area contributed by atoms with E-state index >= 15 is 0 Å². The van der Waals surface area contributed by atoms with Gasteiger partial charge in [0.15, 0.2) is 5.78 Å². The number of benzene rings is 1. The van der Waals surface area contributed by atoms with E-state index in [4.69, 9.17) is 17.3 Å². The summed E-state index contributed by atoms with van der Waals surface area (Å²) in [4.78, 5) is 37.7. The maximum atomic E-state index is 12.5. The van der Waals surface area contributed by atoms with Crippen molar-refractivity contribution in [2.24, 2.45) is 5.73 Å². The summed E-state index contributed by atoms with van der Waals surface area (Å²) < 4.78 is 0. The second-order valence-corrected chi connectivity index (χ2v) is 5.87. The number of hydrogen-bond acceptors (Lipinski definition) is 4.